The van der Waals surface area contributed by atoms with Crippen molar-refractivity contribution in [3.8, 4) is 0 Å². The normalized spacial score (nSPS) is 17.8. The van der Waals surface area contributed by atoms with Gasteiger partial charge in [-0.2, -0.15) is 0 Å². The molecular formula is C20H30N2O2. The number of amidine groups is 1. The number of carbonyl (C=O) groups is 1. The van der Waals surface area contributed by atoms with E-state index in [-0.39, 0.29) is 12.1 Å². The minimum Gasteiger partial charge on any atom is -0.443 e. The first-order valence-corrected chi connectivity index (χ1v) is 9.04. The van der Waals surface area contributed by atoms with Gasteiger partial charge in [0.25, 0.3) is 0 Å². The molecule has 1 heterocycles. The summed E-state index contributed by atoms with van der Waals surface area (Å²) in [5, 5.41) is 0. The van der Waals surface area contributed by atoms with Gasteiger partial charge < -0.3 is 4.74 Å². The molecule has 24 heavy (non-hydrogen) atoms. The SMILES string of the molecule is CCCCCC[C@@H]1CN(C(=O)OC(C)(C)C)C(c2ccccc2)=N1. The van der Waals surface area contributed by atoms with Gasteiger partial charge in [0.1, 0.15) is 11.4 Å². The zero-order chi connectivity index (χ0) is 17.6. The predicted molar refractivity (Wildman–Crippen MR) is 98.5 cm³/mol. The largest absolute Gasteiger partial charge is 0.443 e. The third-order valence-corrected chi connectivity index (χ3v) is 3.99. The molecule has 4 nitrogen and oxygen atoms in total. The van der Waals surface area contributed by atoms with Crippen LogP contribution in [0.15, 0.2) is 35.3 Å². The van der Waals surface area contributed by atoms with Crippen molar-refractivity contribution in [1.82, 2.24) is 4.90 Å². The van der Waals surface area contributed by atoms with Crippen LogP contribution in [0.2, 0.25) is 0 Å². The van der Waals surface area contributed by atoms with Crippen molar-refractivity contribution in [2.45, 2.75) is 71.4 Å². The Hall–Kier alpha value is -1.84. The summed E-state index contributed by atoms with van der Waals surface area (Å²) in [7, 11) is 0. The van der Waals surface area contributed by atoms with Gasteiger partial charge >= 0.3 is 6.09 Å². The van der Waals surface area contributed by atoms with Crippen LogP contribution in [0.5, 0.6) is 0 Å². The van der Waals surface area contributed by atoms with Crippen LogP contribution in [-0.4, -0.2) is 35.0 Å². The number of amides is 1. The van der Waals surface area contributed by atoms with Crippen molar-refractivity contribution >= 4 is 11.9 Å². The van der Waals surface area contributed by atoms with Crippen molar-refractivity contribution in [2.75, 3.05) is 6.54 Å². The molecule has 0 aromatic heterocycles. The Bertz CT molecular complexity index is 561. The van der Waals surface area contributed by atoms with Crippen molar-refractivity contribution < 1.29 is 9.53 Å². The Morgan fingerprint density at radius 3 is 2.54 bits per heavy atom. The van der Waals surface area contributed by atoms with E-state index in [4.69, 9.17) is 9.73 Å². The Kier molecular flexibility index (Phi) is 6.41. The number of carbonyl (C=O) groups excluding carboxylic acids is 1. The van der Waals surface area contributed by atoms with Crippen LogP contribution in [-0.2, 0) is 4.74 Å². The topological polar surface area (TPSA) is 41.9 Å². The van der Waals surface area contributed by atoms with Gasteiger partial charge in [-0.1, -0.05) is 62.9 Å². The Morgan fingerprint density at radius 1 is 1.21 bits per heavy atom. The number of aliphatic imine (C=N–C) groups is 1. The molecule has 0 radical (unpaired) electrons. The highest BCUT2D eigenvalue weighted by atomic mass is 16.6. The minimum atomic E-state index is -0.502. The third kappa shape index (κ3) is 5.36. The van der Waals surface area contributed by atoms with E-state index in [9.17, 15) is 4.79 Å². The second-order valence-corrected chi connectivity index (χ2v) is 7.41. The highest BCUT2D eigenvalue weighted by molar-refractivity contribution is 6.07. The molecule has 2 rings (SSSR count). The molecule has 0 fully saturated rings. The Labute approximate surface area is 145 Å². The van der Waals surface area contributed by atoms with Gasteiger partial charge in [-0.05, 0) is 27.2 Å². The minimum absolute atomic E-state index is 0.171. The van der Waals surface area contributed by atoms with Crippen LogP contribution in [0.1, 0.15) is 65.4 Å². The summed E-state index contributed by atoms with van der Waals surface area (Å²) < 4.78 is 5.57. The van der Waals surface area contributed by atoms with E-state index in [0.717, 1.165) is 24.2 Å². The van der Waals surface area contributed by atoms with Crippen molar-refractivity contribution in [3.63, 3.8) is 0 Å². The van der Waals surface area contributed by atoms with Crippen molar-refractivity contribution in [2.24, 2.45) is 4.99 Å². The number of hydrogen-bond donors (Lipinski definition) is 0. The number of benzene rings is 1. The highest BCUT2D eigenvalue weighted by Crippen LogP contribution is 2.22. The molecule has 1 aliphatic heterocycles. The van der Waals surface area contributed by atoms with Crippen LogP contribution < -0.4 is 0 Å². The predicted octanol–water partition coefficient (Wildman–Crippen LogP) is 5.02. The van der Waals surface area contributed by atoms with Gasteiger partial charge in [0.15, 0.2) is 0 Å². The second-order valence-electron chi connectivity index (χ2n) is 7.41. The lowest BCUT2D eigenvalue weighted by molar-refractivity contribution is 0.0377. The standard InChI is InChI=1S/C20H30N2O2/c1-5-6-7-11-14-17-15-22(19(23)24-20(2,3)4)18(21-17)16-12-9-8-10-13-16/h8-10,12-13,17H,5-7,11,14-15H2,1-4H3/t17-/m1/s1. The van der Waals surface area contributed by atoms with Gasteiger partial charge in [0, 0.05) is 5.56 Å². The lowest BCUT2D eigenvalue weighted by Gasteiger charge is -2.25. The molecule has 0 saturated heterocycles. The Balaban J connectivity index is 2.11. The average molecular weight is 330 g/mol. The number of rotatable bonds is 6. The fraction of sp³-hybridized carbons (Fsp3) is 0.600. The maximum absolute atomic E-state index is 12.6. The second kappa shape index (κ2) is 8.32. The van der Waals surface area contributed by atoms with E-state index < -0.39 is 5.60 Å². The van der Waals surface area contributed by atoms with E-state index in [1.165, 1.54) is 19.3 Å². The number of unbranched alkanes of at least 4 members (excludes halogenated alkanes) is 3. The van der Waals surface area contributed by atoms with Crippen LogP contribution in [0, 0.1) is 0 Å². The van der Waals surface area contributed by atoms with Crippen LogP contribution in [0.3, 0.4) is 0 Å². The third-order valence-electron chi connectivity index (χ3n) is 3.99. The molecule has 0 aliphatic carbocycles. The molecule has 0 N–H and O–H groups in total. The summed E-state index contributed by atoms with van der Waals surface area (Å²) in [6.07, 6.45) is 5.60. The first-order chi connectivity index (χ1) is 11.4. The molecule has 0 unspecified atom stereocenters. The van der Waals surface area contributed by atoms with E-state index in [1.54, 1.807) is 4.90 Å². The fourth-order valence-corrected chi connectivity index (χ4v) is 2.84. The van der Waals surface area contributed by atoms with Crippen molar-refractivity contribution in [1.29, 1.82) is 0 Å². The summed E-state index contributed by atoms with van der Waals surface area (Å²) in [6, 6.07) is 10.1. The highest BCUT2D eigenvalue weighted by Gasteiger charge is 2.33. The van der Waals surface area contributed by atoms with E-state index >= 15 is 0 Å². The molecule has 132 valence electrons. The molecule has 0 saturated carbocycles. The maximum atomic E-state index is 12.6. The zero-order valence-electron chi connectivity index (χ0n) is 15.4. The van der Waals surface area contributed by atoms with Gasteiger partial charge in [0.2, 0.25) is 0 Å². The van der Waals surface area contributed by atoms with Crippen LogP contribution in [0.25, 0.3) is 0 Å². The van der Waals surface area contributed by atoms with Gasteiger partial charge in [-0.3, -0.25) is 9.89 Å². The smallest absolute Gasteiger partial charge is 0.416 e. The van der Waals surface area contributed by atoms with Crippen LogP contribution >= 0.6 is 0 Å². The molecule has 0 bridgehead atoms. The number of hydrogen-bond acceptors (Lipinski definition) is 3. The van der Waals surface area contributed by atoms with Gasteiger partial charge in [-0.15, -0.1) is 0 Å². The fourth-order valence-electron chi connectivity index (χ4n) is 2.84. The van der Waals surface area contributed by atoms with Gasteiger partial charge in [-0.25, -0.2) is 4.79 Å². The summed E-state index contributed by atoms with van der Waals surface area (Å²) in [6.45, 7) is 8.50. The quantitative estimate of drug-likeness (QED) is 0.687. The van der Waals surface area contributed by atoms with Crippen LogP contribution in [0.4, 0.5) is 4.79 Å². The monoisotopic (exact) mass is 330 g/mol. The molecule has 1 aromatic rings. The molecule has 1 aliphatic rings. The summed E-state index contributed by atoms with van der Waals surface area (Å²) in [4.78, 5) is 19.1. The maximum Gasteiger partial charge on any atom is 0.416 e. The first-order valence-electron chi connectivity index (χ1n) is 9.04. The zero-order valence-corrected chi connectivity index (χ0v) is 15.4. The van der Waals surface area contributed by atoms with Gasteiger partial charge in [0.05, 0.1) is 12.6 Å². The lowest BCUT2D eigenvalue weighted by atomic mass is 10.1. The first kappa shape index (κ1) is 18.5. The average Bonchev–Trinajstić information content (AvgIpc) is 2.95. The molecule has 4 heteroatoms. The molecular weight excluding hydrogens is 300 g/mol. The Morgan fingerprint density at radius 2 is 1.92 bits per heavy atom. The summed E-state index contributed by atoms with van der Waals surface area (Å²) >= 11 is 0. The van der Waals surface area contributed by atoms with Crippen molar-refractivity contribution in [3.05, 3.63) is 35.9 Å². The summed E-state index contributed by atoms with van der Waals surface area (Å²) in [5.41, 5.74) is 0.470. The van der Waals surface area contributed by atoms with E-state index in [2.05, 4.69) is 6.92 Å². The lowest BCUT2D eigenvalue weighted by Crippen LogP contribution is -2.40. The molecule has 1 aromatic carbocycles. The van der Waals surface area contributed by atoms with E-state index in [0.29, 0.717) is 6.54 Å². The van der Waals surface area contributed by atoms with E-state index in [1.807, 2.05) is 51.1 Å². The molecule has 1 amide bonds. The number of ether oxygens (including phenoxy) is 1. The molecule has 0 spiro atoms. The summed E-state index contributed by atoms with van der Waals surface area (Å²) in [5.74, 6) is 0.741. The molecule has 1 atom stereocenters. The number of nitrogens with zero attached hydrogens (tertiary/aromatic N) is 2.